The predicted octanol–water partition coefficient (Wildman–Crippen LogP) is 5.73. The Morgan fingerprint density at radius 2 is 1.36 bits per heavy atom. The Morgan fingerprint density at radius 3 is 1.61 bits per heavy atom. The summed E-state index contributed by atoms with van der Waals surface area (Å²) < 4.78 is 4.87. The first kappa shape index (κ1) is 47.6. The molecule has 1 N–H and O–H groups in total. The molecule has 0 unspecified atom stereocenters. The summed E-state index contributed by atoms with van der Waals surface area (Å²) in [6, 6.07) is 11.1. The van der Waals surface area contributed by atoms with Gasteiger partial charge in [-0.05, 0) is 19.4 Å². The van der Waals surface area contributed by atoms with E-state index in [9.17, 15) is 0 Å². The van der Waals surface area contributed by atoms with E-state index in [1.165, 1.54) is 24.8 Å². The second-order valence-corrected chi connectivity index (χ2v) is 5.02. The molecule has 0 saturated heterocycles. The zero-order chi connectivity index (χ0) is 18.9. The van der Waals surface area contributed by atoms with Gasteiger partial charge in [0.15, 0.2) is 0 Å². The standard InChI is InChI=1S/C9H11.C5H12N.C5H11O.C3H7.4W/c1-2-6-9-7-4-3-5-8-9;2*1-3-5-6-4-2;1-3-2;;;;/h4-5,7-8H,2,6H2,1H3;6H,2-5H2,1H3;2-5H2,1H3;1,3H2,2H3;;;;/q4*-1;;;;. The van der Waals surface area contributed by atoms with Crippen molar-refractivity contribution < 1.29 is 89.0 Å². The monoisotopic (exact) mass is 1070 g/mol. The first-order chi connectivity index (χ1) is 11.7. The predicted molar refractivity (Wildman–Crippen MR) is 110 cm³/mol. The Morgan fingerprint density at radius 1 is 0.857 bits per heavy atom. The largest absolute Gasteiger partial charge is 0.413 e. The number of nitrogens with one attached hydrogen (secondary N) is 1. The van der Waals surface area contributed by atoms with E-state index in [2.05, 4.69) is 65.1 Å². The van der Waals surface area contributed by atoms with Gasteiger partial charge in [0.05, 0.1) is 0 Å². The van der Waals surface area contributed by atoms with E-state index in [1.54, 1.807) is 0 Å². The Labute approximate surface area is 235 Å². The van der Waals surface area contributed by atoms with E-state index >= 15 is 0 Å². The van der Waals surface area contributed by atoms with Crippen molar-refractivity contribution in [2.75, 3.05) is 26.3 Å². The van der Waals surface area contributed by atoms with Gasteiger partial charge in [-0.25, -0.2) is 0 Å². The Balaban J connectivity index is -0.0000000423. The molecule has 1 aromatic carbocycles. The van der Waals surface area contributed by atoms with E-state index in [0.717, 1.165) is 32.5 Å². The molecule has 0 spiro atoms. The van der Waals surface area contributed by atoms with E-state index in [1.807, 2.05) is 19.1 Å². The van der Waals surface area contributed by atoms with Gasteiger partial charge in [0.25, 0.3) is 0 Å². The molecule has 0 heterocycles. The summed E-state index contributed by atoms with van der Waals surface area (Å²) >= 11 is 0. The first-order valence-corrected chi connectivity index (χ1v) is 9.29. The van der Waals surface area contributed by atoms with Crippen LogP contribution in [0, 0.1) is 26.8 Å². The molecule has 0 radical (unpaired) electrons. The summed E-state index contributed by atoms with van der Waals surface area (Å²) in [5, 5.41) is 3.09. The number of hydrogen-bond donors (Lipinski definition) is 1. The van der Waals surface area contributed by atoms with Crippen LogP contribution in [0.3, 0.4) is 0 Å². The van der Waals surface area contributed by atoms with Crippen molar-refractivity contribution in [1.29, 1.82) is 0 Å². The summed E-state index contributed by atoms with van der Waals surface area (Å²) in [6.45, 7) is 22.4. The van der Waals surface area contributed by atoms with E-state index in [4.69, 9.17) is 4.74 Å². The summed E-state index contributed by atoms with van der Waals surface area (Å²) in [5.74, 6) is 0. The quantitative estimate of drug-likeness (QED) is 0.266. The Bertz CT molecular complexity index is 275. The smallest absolute Gasteiger partial charge is 0.0427 e. The minimum Gasteiger partial charge on any atom is -0.413 e. The van der Waals surface area contributed by atoms with Gasteiger partial charge in [0, 0.05) is 90.9 Å². The molecular weight excluding hydrogens is 1030 g/mol. The molecule has 0 aliphatic heterocycles. The van der Waals surface area contributed by atoms with E-state index < -0.39 is 0 Å². The number of hydrogen-bond acceptors (Lipinski definition) is 2. The second-order valence-electron chi connectivity index (χ2n) is 5.02. The van der Waals surface area contributed by atoms with Gasteiger partial charge in [0.1, 0.15) is 0 Å². The molecule has 0 saturated carbocycles. The number of rotatable bonds is 8. The molecule has 0 aromatic heterocycles. The minimum absolute atomic E-state index is 0. The van der Waals surface area contributed by atoms with Gasteiger partial charge in [-0.2, -0.15) is 42.3 Å². The molecule has 0 aliphatic rings. The fourth-order valence-corrected chi connectivity index (χ4v) is 1.42. The van der Waals surface area contributed by atoms with E-state index in [0.29, 0.717) is 6.61 Å². The summed E-state index contributed by atoms with van der Waals surface area (Å²) in [4.78, 5) is 0. The molecule has 168 valence electrons. The van der Waals surface area contributed by atoms with Gasteiger partial charge in [-0.15, -0.1) is 6.54 Å². The second kappa shape index (κ2) is 51.5. The van der Waals surface area contributed by atoms with Crippen LogP contribution in [0.25, 0.3) is 0 Å². The van der Waals surface area contributed by atoms with Crippen molar-refractivity contribution >= 4 is 0 Å². The first-order valence-electron chi connectivity index (χ1n) is 9.29. The van der Waals surface area contributed by atoms with Gasteiger partial charge in [0.2, 0.25) is 0 Å². The summed E-state index contributed by atoms with van der Waals surface area (Å²) in [5.41, 5.74) is 1.41. The molecule has 6 heteroatoms. The fraction of sp³-hybridized carbons (Fsp3) is 0.591. The van der Waals surface area contributed by atoms with Crippen LogP contribution in [0.4, 0.5) is 0 Å². The maximum atomic E-state index is 4.87. The normalized spacial score (nSPS) is 7.54. The van der Waals surface area contributed by atoms with Crippen molar-refractivity contribution in [1.82, 2.24) is 5.32 Å². The average Bonchev–Trinajstić information content (AvgIpc) is 2.61. The average molecular weight is 1070 g/mol. The van der Waals surface area contributed by atoms with Crippen LogP contribution in [0.1, 0.15) is 58.9 Å². The van der Waals surface area contributed by atoms with Crippen molar-refractivity contribution in [3.8, 4) is 0 Å². The third-order valence-electron chi connectivity index (χ3n) is 2.42. The number of aryl methyl sites for hydroxylation is 1. The van der Waals surface area contributed by atoms with Crippen molar-refractivity contribution in [3.63, 3.8) is 0 Å². The van der Waals surface area contributed by atoms with Gasteiger partial charge >= 0.3 is 0 Å². The van der Waals surface area contributed by atoms with Crippen molar-refractivity contribution in [2.24, 2.45) is 0 Å². The van der Waals surface area contributed by atoms with Crippen molar-refractivity contribution in [3.05, 3.63) is 56.7 Å². The van der Waals surface area contributed by atoms with Crippen LogP contribution in [0.2, 0.25) is 0 Å². The topological polar surface area (TPSA) is 21.3 Å². The van der Waals surface area contributed by atoms with Crippen LogP contribution in [0.15, 0.2) is 24.3 Å². The molecule has 2 nitrogen and oxygen atoms in total. The van der Waals surface area contributed by atoms with Gasteiger partial charge < -0.3 is 30.8 Å². The number of benzene rings is 1. The van der Waals surface area contributed by atoms with Crippen LogP contribution in [-0.4, -0.2) is 26.3 Å². The fourth-order valence-electron chi connectivity index (χ4n) is 1.42. The molecule has 0 amide bonds. The molecule has 0 atom stereocenters. The minimum atomic E-state index is 0. The summed E-state index contributed by atoms with van der Waals surface area (Å²) in [7, 11) is 0. The molecule has 0 fully saturated rings. The van der Waals surface area contributed by atoms with E-state index in [-0.39, 0.29) is 84.3 Å². The van der Waals surface area contributed by atoms with Crippen LogP contribution < -0.4 is 5.32 Å². The number of ether oxygens (including phenoxy) is 1. The molecule has 1 aromatic rings. The van der Waals surface area contributed by atoms with Crippen LogP contribution >= 0.6 is 0 Å². The molecule has 0 bridgehead atoms. The van der Waals surface area contributed by atoms with Crippen LogP contribution in [-0.2, 0) is 95.4 Å². The molecule has 0 aliphatic carbocycles. The Hall–Kier alpha value is 1.89. The Kier molecular flexibility index (Phi) is 87.6. The summed E-state index contributed by atoms with van der Waals surface area (Å²) in [6.07, 6.45) is 5.71. The molecule has 28 heavy (non-hydrogen) atoms. The molecular formula is C22H41NOW4-4. The third-order valence-corrected chi connectivity index (χ3v) is 2.42. The van der Waals surface area contributed by atoms with Gasteiger partial charge in [-0.1, -0.05) is 47.1 Å². The van der Waals surface area contributed by atoms with Crippen LogP contribution in [0.5, 0.6) is 0 Å². The zero-order valence-corrected chi connectivity index (χ0v) is 30.1. The SMILES string of the molecule is CCCc1cc[c-]cc1.[CH2-]CC.[CH2-]CNCCC.[CH2-]COCCC.[W].[W].[W].[W]. The maximum Gasteiger partial charge on any atom is 0.0427 e. The maximum absolute atomic E-state index is 4.87. The molecule has 1 rings (SSSR count). The zero-order valence-electron chi connectivity index (χ0n) is 18.3. The third kappa shape index (κ3) is 56.5. The van der Waals surface area contributed by atoms with Gasteiger partial charge in [-0.3, -0.25) is 0 Å². The van der Waals surface area contributed by atoms with Crippen molar-refractivity contribution in [2.45, 2.75) is 59.8 Å².